The molecule has 1 aliphatic heterocycles. The number of aliphatic carboxylic acids is 1. The number of hydrogen-bond donors (Lipinski definition) is 1. The number of nitriles is 1. The highest BCUT2D eigenvalue weighted by Gasteiger charge is 2.49. The van der Waals surface area contributed by atoms with E-state index in [0.29, 0.717) is 6.54 Å². The molecular formula is C16H16F3N3O2. The van der Waals surface area contributed by atoms with Crippen LogP contribution in [0.2, 0.25) is 0 Å². The van der Waals surface area contributed by atoms with E-state index in [-0.39, 0.29) is 23.3 Å². The minimum Gasteiger partial charge on any atom is -0.480 e. The summed E-state index contributed by atoms with van der Waals surface area (Å²) in [5, 5.41) is 18.9. The molecule has 2 aliphatic rings. The number of rotatable bonds is 2. The Morgan fingerprint density at radius 1 is 1.46 bits per heavy atom. The smallest absolute Gasteiger partial charge is 0.417 e. The van der Waals surface area contributed by atoms with Crippen LogP contribution in [0.25, 0.3) is 0 Å². The summed E-state index contributed by atoms with van der Waals surface area (Å²) < 4.78 is 39.8. The second kappa shape index (κ2) is 5.65. The summed E-state index contributed by atoms with van der Waals surface area (Å²) in [6, 6.07) is 1.48. The Kier molecular flexibility index (Phi) is 3.90. The van der Waals surface area contributed by atoms with Crippen molar-refractivity contribution in [1.29, 1.82) is 5.26 Å². The molecule has 1 N–H and O–H groups in total. The standard InChI is InChI=1S/C16H16F3N3O2/c1-8-5-12(16(17,18)19)11(6-20)14(21-8)22-7-9-3-2-4-10(9)13(22)15(23)24/h5,9-10,13H,2-4,7H2,1H3,(H,23,24)/t9-,10-,13-/m0/s1. The van der Waals surface area contributed by atoms with Crippen molar-refractivity contribution in [2.75, 3.05) is 11.4 Å². The van der Waals surface area contributed by atoms with E-state index in [1.165, 1.54) is 11.8 Å². The maximum absolute atomic E-state index is 13.3. The number of carboxylic acid groups (broad SMARTS) is 1. The molecule has 24 heavy (non-hydrogen) atoms. The van der Waals surface area contributed by atoms with Gasteiger partial charge in [0.15, 0.2) is 0 Å². The summed E-state index contributed by atoms with van der Waals surface area (Å²) >= 11 is 0. The van der Waals surface area contributed by atoms with Gasteiger partial charge < -0.3 is 10.0 Å². The van der Waals surface area contributed by atoms with Crippen LogP contribution in [0.15, 0.2) is 6.07 Å². The van der Waals surface area contributed by atoms with Gasteiger partial charge in [-0.3, -0.25) is 0 Å². The van der Waals surface area contributed by atoms with E-state index in [0.717, 1.165) is 25.3 Å². The molecule has 0 radical (unpaired) electrons. The van der Waals surface area contributed by atoms with E-state index < -0.39 is 29.3 Å². The number of fused-ring (bicyclic) bond motifs is 1. The first-order chi connectivity index (χ1) is 11.2. The second-order valence-corrected chi connectivity index (χ2v) is 6.41. The Hall–Kier alpha value is -2.30. The summed E-state index contributed by atoms with van der Waals surface area (Å²) in [4.78, 5) is 17.2. The first-order valence-electron chi connectivity index (χ1n) is 7.72. The lowest BCUT2D eigenvalue weighted by molar-refractivity contribution is -0.139. The Labute approximate surface area is 136 Å². The zero-order valence-corrected chi connectivity index (χ0v) is 13.0. The Balaban J connectivity index is 2.14. The van der Waals surface area contributed by atoms with Crippen LogP contribution in [0.5, 0.6) is 0 Å². The van der Waals surface area contributed by atoms with Crippen molar-refractivity contribution in [2.24, 2.45) is 11.8 Å². The van der Waals surface area contributed by atoms with Crippen molar-refractivity contribution in [3.8, 4) is 6.07 Å². The molecule has 1 aliphatic carbocycles. The molecule has 3 rings (SSSR count). The molecule has 128 valence electrons. The fraction of sp³-hybridized carbons (Fsp3) is 0.562. The highest BCUT2D eigenvalue weighted by atomic mass is 19.4. The summed E-state index contributed by atoms with van der Waals surface area (Å²) in [5.74, 6) is -1.23. The molecule has 2 heterocycles. The molecule has 5 nitrogen and oxygen atoms in total. The zero-order valence-electron chi connectivity index (χ0n) is 13.0. The molecule has 3 atom stereocenters. The van der Waals surface area contributed by atoms with Crippen molar-refractivity contribution in [1.82, 2.24) is 4.98 Å². The predicted octanol–water partition coefficient (Wildman–Crippen LogP) is 2.97. The molecule has 0 bridgehead atoms. The van der Waals surface area contributed by atoms with Gasteiger partial charge >= 0.3 is 12.1 Å². The molecule has 0 spiro atoms. The third-order valence-corrected chi connectivity index (χ3v) is 4.96. The number of aryl methyl sites for hydroxylation is 1. The Bertz CT molecular complexity index is 727. The van der Waals surface area contributed by atoms with Gasteiger partial charge in [0.2, 0.25) is 0 Å². The van der Waals surface area contributed by atoms with Crippen LogP contribution in [0, 0.1) is 30.1 Å². The number of anilines is 1. The van der Waals surface area contributed by atoms with Crippen LogP contribution >= 0.6 is 0 Å². The molecular weight excluding hydrogens is 323 g/mol. The minimum atomic E-state index is -4.69. The monoisotopic (exact) mass is 339 g/mol. The average molecular weight is 339 g/mol. The number of carboxylic acids is 1. The van der Waals surface area contributed by atoms with Crippen molar-refractivity contribution < 1.29 is 23.1 Å². The fourth-order valence-corrected chi connectivity index (χ4v) is 4.04. The summed E-state index contributed by atoms with van der Waals surface area (Å²) in [6.07, 6.45) is -2.18. The summed E-state index contributed by atoms with van der Waals surface area (Å²) in [7, 11) is 0. The van der Waals surface area contributed by atoms with Crippen molar-refractivity contribution in [3.05, 3.63) is 22.9 Å². The van der Waals surface area contributed by atoms with Gasteiger partial charge in [-0.2, -0.15) is 18.4 Å². The molecule has 2 fully saturated rings. The van der Waals surface area contributed by atoms with E-state index in [1.54, 1.807) is 6.07 Å². The normalized spacial score (nSPS) is 26.3. The first kappa shape index (κ1) is 16.6. The number of nitrogens with zero attached hydrogens (tertiary/aromatic N) is 3. The topological polar surface area (TPSA) is 77.2 Å². The van der Waals surface area contributed by atoms with Gasteiger partial charge in [-0.15, -0.1) is 0 Å². The van der Waals surface area contributed by atoms with Crippen LogP contribution in [-0.4, -0.2) is 28.6 Å². The number of hydrogen-bond acceptors (Lipinski definition) is 4. The van der Waals surface area contributed by atoms with Gasteiger partial charge in [-0.05, 0) is 37.7 Å². The van der Waals surface area contributed by atoms with Crippen LogP contribution in [0.1, 0.15) is 36.1 Å². The number of aromatic nitrogens is 1. The zero-order chi connectivity index (χ0) is 17.6. The molecule has 1 aromatic rings. The fourth-order valence-electron chi connectivity index (χ4n) is 4.04. The average Bonchev–Trinajstić information content (AvgIpc) is 3.04. The summed E-state index contributed by atoms with van der Waals surface area (Å²) in [6.45, 7) is 1.73. The van der Waals surface area contributed by atoms with Crippen LogP contribution in [0.4, 0.5) is 19.0 Å². The van der Waals surface area contributed by atoms with Gasteiger partial charge in [-0.1, -0.05) is 6.42 Å². The van der Waals surface area contributed by atoms with Gasteiger partial charge in [0.25, 0.3) is 0 Å². The van der Waals surface area contributed by atoms with E-state index in [2.05, 4.69) is 4.98 Å². The second-order valence-electron chi connectivity index (χ2n) is 6.41. The SMILES string of the molecule is Cc1cc(C(F)(F)F)c(C#N)c(N2C[C@@H]3CCC[C@@H]3[C@H]2C(=O)O)n1. The Morgan fingerprint density at radius 2 is 2.17 bits per heavy atom. The molecule has 1 saturated carbocycles. The number of carbonyl (C=O) groups is 1. The molecule has 8 heteroatoms. The molecule has 0 unspecified atom stereocenters. The highest BCUT2D eigenvalue weighted by Crippen LogP contribution is 2.45. The van der Waals surface area contributed by atoms with E-state index >= 15 is 0 Å². The van der Waals surface area contributed by atoms with Gasteiger partial charge in [-0.25, -0.2) is 9.78 Å². The van der Waals surface area contributed by atoms with Crippen molar-refractivity contribution >= 4 is 11.8 Å². The van der Waals surface area contributed by atoms with Crippen LogP contribution in [-0.2, 0) is 11.0 Å². The van der Waals surface area contributed by atoms with Gasteiger partial charge in [0.1, 0.15) is 23.5 Å². The van der Waals surface area contributed by atoms with Gasteiger partial charge in [0.05, 0.1) is 5.56 Å². The van der Waals surface area contributed by atoms with Crippen LogP contribution in [0.3, 0.4) is 0 Å². The summed E-state index contributed by atoms with van der Waals surface area (Å²) in [5.41, 5.74) is -1.55. The minimum absolute atomic E-state index is 0.106. The number of alkyl halides is 3. The van der Waals surface area contributed by atoms with E-state index in [9.17, 15) is 28.3 Å². The van der Waals surface area contributed by atoms with E-state index in [4.69, 9.17) is 0 Å². The van der Waals surface area contributed by atoms with E-state index in [1.807, 2.05) is 0 Å². The number of pyridine rings is 1. The first-order valence-corrected chi connectivity index (χ1v) is 7.72. The highest BCUT2D eigenvalue weighted by molar-refractivity contribution is 5.80. The lowest BCUT2D eigenvalue weighted by Gasteiger charge is -2.27. The molecule has 0 aromatic carbocycles. The molecule has 1 aromatic heterocycles. The van der Waals surface area contributed by atoms with Gasteiger partial charge in [0, 0.05) is 12.2 Å². The third-order valence-electron chi connectivity index (χ3n) is 4.96. The maximum atomic E-state index is 13.3. The van der Waals surface area contributed by atoms with Crippen LogP contribution < -0.4 is 4.90 Å². The van der Waals surface area contributed by atoms with Crippen molar-refractivity contribution in [2.45, 2.75) is 38.4 Å². The quantitative estimate of drug-likeness (QED) is 0.896. The lowest BCUT2D eigenvalue weighted by atomic mass is 9.94. The molecule has 1 saturated heterocycles. The molecule has 0 amide bonds. The largest absolute Gasteiger partial charge is 0.480 e. The predicted molar refractivity (Wildman–Crippen MR) is 78.3 cm³/mol. The Morgan fingerprint density at radius 3 is 2.75 bits per heavy atom. The maximum Gasteiger partial charge on any atom is 0.417 e. The van der Waals surface area contributed by atoms with Crippen molar-refractivity contribution in [3.63, 3.8) is 0 Å². The lowest BCUT2D eigenvalue weighted by Crippen LogP contribution is -2.40. The third kappa shape index (κ3) is 2.58. The number of halogens is 3.